The molecule has 4 rings (SSSR count). The lowest BCUT2D eigenvalue weighted by Gasteiger charge is -2.22. The molecule has 1 aliphatic heterocycles. The number of nitrogens with one attached hydrogen (secondary N) is 1. The van der Waals surface area contributed by atoms with Crippen molar-refractivity contribution in [2.24, 2.45) is 0 Å². The molecular formula is C15H19N4OS2+. The molecule has 0 spiro atoms. The summed E-state index contributed by atoms with van der Waals surface area (Å²) in [5.41, 5.74) is 0. The molecule has 4 heterocycles. The number of fused-ring (bicyclic) bond motifs is 1. The van der Waals surface area contributed by atoms with E-state index in [4.69, 9.17) is 0 Å². The number of quaternary nitrogens is 1. The number of aromatic hydroxyl groups is 1. The second kappa shape index (κ2) is 5.64. The predicted molar refractivity (Wildman–Crippen MR) is 88.0 cm³/mol. The third-order valence-electron chi connectivity index (χ3n) is 4.30. The van der Waals surface area contributed by atoms with Gasteiger partial charge in [-0.1, -0.05) is 24.3 Å². The fourth-order valence-electron chi connectivity index (χ4n) is 3.22. The standard InChI is InChI=1S/C15H18N4OS2/c1-2-11-16-15-19(17-11)14(20)13(22-15)12(10-6-5-9-21-10)18-7-3-4-8-18/h5-6,9,12,20H,2-4,7-8H2,1H3/p+1/t12-/m0/s1. The second-order valence-corrected chi connectivity index (χ2v) is 7.67. The Morgan fingerprint density at radius 3 is 2.86 bits per heavy atom. The summed E-state index contributed by atoms with van der Waals surface area (Å²) in [6.45, 7) is 4.35. The molecule has 2 N–H and O–H groups in total. The molecule has 0 aliphatic carbocycles. The normalized spacial score (nSPS) is 17.5. The highest BCUT2D eigenvalue weighted by atomic mass is 32.1. The first-order chi connectivity index (χ1) is 10.8. The number of aromatic nitrogens is 3. The highest BCUT2D eigenvalue weighted by molar-refractivity contribution is 7.17. The summed E-state index contributed by atoms with van der Waals surface area (Å²) >= 11 is 3.34. The maximum atomic E-state index is 10.7. The predicted octanol–water partition coefficient (Wildman–Crippen LogP) is 1.89. The Bertz CT molecular complexity index is 771. The van der Waals surface area contributed by atoms with Crippen LogP contribution < -0.4 is 4.90 Å². The van der Waals surface area contributed by atoms with E-state index < -0.39 is 0 Å². The maximum Gasteiger partial charge on any atom is 0.235 e. The Balaban J connectivity index is 1.81. The molecule has 0 amide bonds. The number of hydrogen-bond donors (Lipinski definition) is 2. The fraction of sp³-hybridized carbons (Fsp3) is 0.467. The minimum absolute atomic E-state index is 0.209. The number of thiophene rings is 1. The minimum Gasteiger partial charge on any atom is -0.492 e. The smallest absolute Gasteiger partial charge is 0.235 e. The van der Waals surface area contributed by atoms with Crippen molar-refractivity contribution in [2.45, 2.75) is 32.2 Å². The minimum atomic E-state index is 0.209. The maximum absolute atomic E-state index is 10.7. The molecule has 1 saturated heterocycles. The Morgan fingerprint density at radius 2 is 2.23 bits per heavy atom. The topological polar surface area (TPSA) is 54.9 Å². The van der Waals surface area contributed by atoms with E-state index in [-0.39, 0.29) is 11.9 Å². The zero-order valence-electron chi connectivity index (χ0n) is 12.5. The summed E-state index contributed by atoms with van der Waals surface area (Å²) < 4.78 is 1.61. The Morgan fingerprint density at radius 1 is 1.41 bits per heavy atom. The first kappa shape index (κ1) is 14.2. The zero-order chi connectivity index (χ0) is 15.1. The molecule has 5 nitrogen and oxygen atoms in total. The summed E-state index contributed by atoms with van der Waals surface area (Å²) in [5.74, 6) is 1.05. The number of thiazole rings is 1. The van der Waals surface area contributed by atoms with Crippen molar-refractivity contribution < 1.29 is 10.0 Å². The van der Waals surface area contributed by atoms with Crippen molar-refractivity contribution in [1.29, 1.82) is 0 Å². The summed E-state index contributed by atoms with van der Waals surface area (Å²) in [4.78, 5) is 9.15. The van der Waals surface area contributed by atoms with Crippen LogP contribution in [-0.4, -0.2) is 32.8 Å². The number of likely N-dealkylation sites (tertiary alicyclic amines) is 1. The quantitative estimate of drug-likeness (QED) is 0.765. The molecule has 0 bridgehead atoms. The molecule has 0 saturated carbocycles. The van der Waals surface area contributed by atoms with Gasteiger partial charge in [0.15, 0.2) is 11.9 Å². The third-order valence-corrected chi connectivity index (χ3v) is 6.33. The van der Waals surface area contributed by atoms with Gasteiger partial charge in [0.2, 0.25) is 10.8 Å². The molecule has 0 aromatic carbocycles. The molecule has 0 radical (unpaired) electrons. The van der Waals surface area contributed by atoms with Crippen LogP contribution in [0.2, 0.25) is 0 Å². The first-order valence-corrected chi connectivity index (χ1v) is 9.42. The van der Waals surface area contributed by atoms with Crippen molar-refractivity contribution in [3.05, 3.63) is 33.1 Å². The van der Waals surface area contributed by atoms with Gasteiger partial charge in [-0.15, -0.1) is 16.4 Å². The van der Waals surface area contributed by atoms with Gasteiger partial charge in [0.25, 0.3) is 0 Å². The molecule has 7 heteroatoms. The van der Waals surface area contributed by atoms with Gasteiger partial charge in [-0.2, -0.15) is 4.52 Å². The highest BCUT2D eigenvalue weighted by Gasteiger charge is 2.35. The van der Waals surface area contributed by atoms with Crippen LogP contribution in [-0.2, 0) is 6.42 Å². The van der Waals surface area contributed by atoms with Gasteiger partial charge >= 0.3 is 0 Å². The van der Waals surface area contributed by atoms with Crippen molar-refractivity contribution in [1.82, 2.24) is 14.6 Å². The average Bonchev–Trinajstić information content (AvgIpc) is 3.28. The van der Waals surface area contributed by atoms with E-state index in [1.807, 2.05) is 6.92 Å². The zero-order valence-corrected chi connectivity index (χ0v) is 14.1. The SMILES string of the molecule is CCc1nc2sc([C@H](c3cccs3)[NH+]3CCCC3)c(O)n2n1. The molecule has 3 aromatic rings. The van der Waals surface area contributed by atoms with Crippen molar-refractivity contribution in [2.75, 3.05) is 13.1 Å². The van der Waals surface area contributed by atoms with Crippen LogP contribution in [0.25, 0.3) is 4.96 Å². The largest absolute Gasteiger partial charge is 0.492 e. The van der Waals surface area contributed by atoms with Gasteiger partial charge in [-0.05, 0) is 11.4 Å². The summed E-state index contributed by atoms with van der Waals surface area (Å²) in [7, 11) is 0. The lowest BCUT2D eigenvalue weighted by atomic mass is 10.2. The molecule has 1 aliphatic rings. The summed E-state index contributed by atoms with van der Waals surface area (Å²) in [5, 5.41) is 17.2. The van der Waals surface area contributed by atoms with E-state index in [0.717, 1.165) is 35.2 Å². The molecule has 1 fully saturated rings. The molecule has 0 unspecified atom stereocenters. The van der Waals surface area contributed by atoms with E-state index in [9.17, 15) is 5.11 Å². The monoisotopic (exact) mass is 335 g/mol. The Kier molecular flexibility index (Phi) is 3.63. The van der Waals surface area contributed by atoms with Crippen LogP contribution in [0.3, 0.4) is 0 Å². The summed E-state index contributed by atoms with van der Waals surface area (Å²) in [6.07, 6.45) is 3.31. The molecule has 1 atom stereocenters. The van der Waals surface area contributed by atoms with Crippen LogP contribution in [0.5, 0.6) is 5.88 Å². The fourth-order valence-corrected chi connectivity index (χ4v) is 5.33. The van der Waals surface area contributed by atoms with Crippen LogP contribution >= 0.6 is 22.7 Å². The van der Waals surface area contributed by atoms with Gasteiger partial charge in [0, 0.05) is 19.3 Å². The highest BCUT2D eigenvalue weighted by Crippen LogP contribution is 2.36. The molecular weight excluding hydrogens is 316 g/mol. The number of aryl methyl sites for hydroxylation is 1. The van der Waals surface area contributed by atoms with Crippen LogP contribution in [0.4, 0.5) is 0 Å². The third kappa shape index (κ3) is 2.24. The van der Waals surface area contributed by atoms with E-state index in [1.165, 1.54) is 22.6 Å². The van der Waals surface area contributed by atoms with Crippen LogP contribution in [0.1, 0.15) is 41.4 Å². The van der Waals surface area contributed by atoms with E-state index in [1.54, 1.807) is 27.2 Å². The molecule has 22 heavy (non-hydrogen) atoms. The van der Waals surface area contributed by atoms with Crippen molar-refractivity contribution >= 4 is 27.6 Å². The van der Waals surface area contributed by atoms with Gasteiger partial charge in [0.1, 0.15) is 4.88 Å². The number of rotatable bonds is 4. The van der Waals surface area contributed by atoms with Crippen LogP contribution in [0.15, 0.2) is 17.5 Å². The lowest BCUT2D eigenvalue weighted by molar-refractivity contribution is -0.912. The average molecular weight is 335 g/mol. The van der Waals surface area contributed by atoms with E-state index in [0.29, 0.717) is 0 Å². The van der Waals surface area contributed by atoms with Gasteiger partial charge in [0.05, 0.1) is 18.0 Å². The first-order valence-electron chi connectivity index (χ1n) is 7.73. The molecule has 3 aromatic heterocycles. The Labute approximate surface area is 136 Å². The van der Waals surface area contributed by atoms with Crippen molar-refractivity contribution in [3.8, 4) is 5.88 Å². The van der Waals surface area contributed by atoms with Crippen LogP contribution in [0, 0.1) is 0 Å². The summed E-state index contributed by atoms with van der Waals surface area (Å²) in [6, 6.07) is 4.47. The Hall–Kier alpha value is -1.44. The molecule has 116 valence electrons. The van der Waals surface area contributed by atoms with Gasteiger partial charge in [-0.25, -0.2) is 4.98 Å². The van der Waals surface area contributed by atoms with Gasteiger partial charge in [-0.3, -0.25) is 0 Å². The van der Waals surface area contributed by atoms with E-state index >= 15 is 0 Å². The lowest BCUT2D eigenvalue weighted by Crippen LogP contribution is -3.10. The van der Waals surface area contributed by atoms with E-state index in [2.05, 4.69) is 27.6 Å². The van der Waals surface area contributed by atoms with Crippen molar-refractivity contribution in [3.63, 3.8) is 0 Å². The second-order valence-electron chi connectivity index (χ2n) is 5.68. The number of nitrogens with zero attached hydrogens (tertiary/aromatic N) is 3. The van der Waals surface area contributed by atoms with Gasteiger partial charge < -0.3 is 10.0 Å². The number of hydrogen-bond acceptors (Lipinski definition) is 5.